The van der Waals surface area contributed by atoms with Gasteiger partial charge in [0.1, 0.15) is 0 Å². The molecule has 0 saturated carbocycles. The van der Waals surface area contributed by atoms with Gasteiger partial charge in [-0.15, -0.1) is 0 Å². The summed E-state index contributed by atoms with van der Waals surface area (Å²) in [4.78, 5) is 14.4. The molecule has 20 heavy (non-hydrogen) atoms. The zero-order valence-corrected chi connectivity index (χ0v) is 12.8. The SMILES string of the molecule is CCCCC[NH2+]CC(=O)N1CCc2ccccc2[C@H]1C. The molecule has 1 aliphatic heterocycles. The molecule has 1 aliphatic rings. The quantitative estimate of drug-likeness (QED) is 0.791. The number of fused-ring (bicyclic) bond motifs is 1. The lowest BCUT2D eigenvalue weighted by atomic mass is 9.93. The van der Waals surface area contributed by atoms with Crippen molar-refractivity contribution in [2.75, 3.05) is 19.6 Å². The molecule has 1 heterocycles. The number of amides is 1. The van der Waals surface area contributed by atoms with Gasteiger partial charge in [0.25, 0.3) is 5.91 Å². The van der Waals surface area contributed by atoms with Crippen LogP contribution in [-0.2, 0) is 11.2 Å². The first-order valence-electron chi connectivity index (χ1n) is 7.93. The standard InChI is InChI=1S/C17H26N2O/c1-3-4-7-11-18-13-17(20)19-12-10-15-8-5-6-9-16(15)14(19)2/h5-6,8-9,14,18H,3-4,7,10-13H2,1-2H3/p+1/t14-/m1/s1. The Morgan fingerprint density at radius 1 is 1.35 bits per heavy atom. The molecule has 0 spiro atoms. The molecule has 1 aromatic carbocycles. The highest BCUT2D eigenvalue weighted by molar-refractivity contribution is 5.77. The van der Waals surface area contributed by atoms with Crippen molar-refractivity contribution in [1.29, 1.82) is 0 Å². The molecular formula is C17H27N2O+. The number of unbranched alkanes of at least 4 members (excludes halogenated alkanes) is 2. The Balaban J connectivity index is 1.86. The van der Waals surface area contributed by atoms with E-state index >= 15 is 0 Å². The predicted octanol–water partition coefficient (Wildman–Crippen LogP) is 1.89. The van der Waals surface area contributed by atoms with Gasteiger partial charge in [-0.3, -0.25) is 4.79 Å². The van der Waals surface area contributed by atoms with Crippen LogP contribution in [0.4, 0.5) is 0 Å². The molecule has 1 amide bonds. The second-order valence-corrected chi connectivity index (χ2v) is 5.70. The van der Waals surface area contributed by atoms with Crippen LogP contribution >= 0.6 is 0 Å². The molecule has 0 bridgehead atoms. The minimum absolute atomic E-state index is 0.219. The van der Waals surface area contributed by atoms with E-state index in [0.29, 0.717) is 6.54 Å². The Bertz CT molecular complexity index is 444. The summed E-state index contributed by atoms with van der Waals surface area (Å²) in [6.07, 6.45) is 4.70. The second-order valence-electron chi connectivity index (χ2n) is 5.70. The lowest BCUT2D eigenvalue weighted by Crippen LogP contribution is -2.86. The molecule has 2 N–H and O–H groups in total. The van der Waals surface area contributed by atoms with Crippen LogP contribution in [0.25, 0.3) is 0 Å². The van der Waals surface area contributed by atoms with E-state index in [2.05, 4.69) is 43.4 Å². The van der Waals surface area contributed by atoms with E-state index in [4.69, 9.17) is 0 Å². The van der Waals surface area contributed by atoms with E-state index in [1.165, 1.54) is 30.4 Å². The molecule has 0 radical (unpaired) electrons. The first-order chi connectivity index (χ1) is 9.74. The topological polar surface area (TPSA) is 36.9 Å². The van der Waals surface area contributed by atoms with Crippen molar-refractivity contribution >= 4 is 5.91 Å². The average molecular weight is 275 g/mol. The smallest absolute Gasteiger partial charge is 0.278 e. The van der Waals surface area contributed by atoms with Crippen LogP contribution < -0.4 is 5.32 Å². The van der Waals surface area contributed by atoms with Crippen molar-refractivity contribution < 1.29 is 10.1 Å². The van der Waals surface area contributed by atoms with Crippen LogP contribution in [0.5, 0.6) is 0 Å². The first kappa shape index (κ1) is 15.0. The number of carbonyl (C=O) groups excluding carboxylic acids is 1. The third kappa shape index (κ3) is 3.60. The fraction of sp³-hybridized carbons (Fsp3) is 0.588. The van der Waals surface area contributed by atoms with Gasteiger partial charge in [-0.05, 0) is 37.3 Å². The average Bonchev–Trinajstić information content (AvgIpc) is 2.47. The molecule has 3 heteroatoms. The third-order valence-electron chi connectivity index (χ3n) is 4.25. The van der Waals surface area contributed by atoms with Gasteiger partial charge in [0.15, 0.2) is 6.54 Å². The number of benzene rings is 1. The maximum absolute atomic E-state index is 12.3. The Labute approximate surface area is 122 Å². The van der Waals surface area contributed by atoms with Crippen molar-refractivity contribution in [2.45, 2.75) is 45.6 Å². The van der Waals surface area contributed by atoms with Gasteiger partial charge < -0.3 is 10.2 Å². The second kappa shape index (κ2) is 7.44. The molecule has 2 rings (SSSR count). The molecular weight excluding hydrogens is 248 g/mol. The number of hydrogen-bond donors (Lipinski definition) is 1. The number of rotatable bonds is 6. The van der Waals surface area contributed by atoms with Crippen LogP contribution in [-0.4, -0.2) is 30.4 Å². The number of carbonyl (C=O) groups is 1. The summed E-state index contributed by atoms with van der Waals surface area (Å²) in [6.45, 7) is 6.87. The third-order valence-corrected chi connectivity index (χ3v) is 4.25. The van der Waals surface area contributed by atoms with Crippen LogP contribution in [0, 0.1) is 0 Å². The molecule has 1 atom stereocenters. The molecule has 0 aromatic heterocycles. The van der Waals surface area contributed by atoms with Crippen LogP contribution in [0.2, 0.25) is 0 Å². The summed E-state index contributed by atoms with van der Waals surface area (Å²) in [5.41, 5.74) is 2.72. The Kier molecular flexibility index (Phi) is 5.60. The van der Waals surface area contributed by atoms with Crippen LogP contribution in [0.15, 0.2) is 24.3 Å². The zero-order chi connectivity index (χ0) is 14.4. The van der Waals surface area contributed by atoms with Gasteiger partial charge in [-0.1, -0.05) is 37.6 Å². The number of quaternary nitrogens is 1. The largest absolute Gasteiger partial charge is 0.338 e. The van der Waals surface area contributed by atoms with E-state index in [9.17, 15) is 4.79 Å². The van der Waals surface area contributed by atoms with Gasteiger partial charge in [0.2, 0.25) is 0 Å². The van der Waals surface area contributed by atoms with Crippen molar-refractivity contribution in [3.8, 4) is 0 Å². The molecule has 0 fully saturated rings. The Morgan fingerprint density at radius 3 is 2.95 bits per heavy atom. The Hall–Kier alpha value is -1.35. The highest BCUT2D eigenvalue weighted by Crippen LogP contribution is 2.28. The maximum Gasteiger partial charge on any atom is 0.278 e. The fourth-order valence-electron chi connectivity index (χ4n) is 2.99. The molecule has 0 aliphatic carbocycles. The Morgan fingerprint density at radius 2 is 2.15 bits per heavy atom. The van der Waals surface area contributed by atoms with Crippen LogP contribution in [0.1, 0.15) is 50.3 Å². The van der Waals surface area contributed by atoms with Crippen molar-refractivity contribution in [1.82, 2.24) is 4.90 Å². The predicted molar refractivity (Wildman–Crippen MR) is 81.5 cm³/mol. The van der Waals surface area contributed by atoms with E-state index in [1.54, 1.807) is 0 Å². The van der Waals surface area contributed by atoms with E-state index in [0.717, 1.165) is 19.5 Å². The highest BCUT2D eigenvalue weighted by Gasteiger charge is 2.27. The van der Waals surface area contributed by atoms with E-state index in [1.807, 2.05) is 4.90 Å². The van der Waals surface area contributed by atoms with Crippen LogP contribution in [0.3, 0.4) is 0 Å². The van der Waals surface area contributed by atoms with E-state index in [-0.39, 0.29) is 11.9 Å². The van der Waals surface area contributed by atoms with Gasteiger partial charge in [-0.2, -0.15) is 0 Å². The molecule has 0 saturated heterocycles. The number of nitrogens with two attached hydrogens (primary N) is 1. The molecule has 1 aromatic rings. The van der Waals surface area contributed by atoms with Gasteiger partial charge >= 0.3 is 0 Å². The number of hydrogen-bond acceptors (Lipinski definition) is 1. The summed E-state index contributed by atoms with van der Waals surface area (Å²) in [6, 6.07) is 8.72. The zero-order valence-electron chi connectivity index (χ0n) is 12.8. The van der Waals surface area contributed by atoms with Crippen molar-refractivity contribution in [2.24, 2.45) is 0 Å². The molecule has 0 unspecified atom stereocenters. The molecule has 110 valence electrons. The lowest BCUT2D eigenvalue weighted by molar-refractivity contribution is -0.645. The van der Waals surface area contributed by atoms with Gasteiger partial charge in [0.05, 0.1) is 12.6 Å². The summed E-state index contributed by atoms with van der Waals surface area (Å²) >= 11 is 0. The molecule has 3 nitrogen and oxygen atoms in total. The fourth-order valence-corrected chi connectivity index (χ4v) is 2.99. The monoisotopic (exact) mass is 275 g/mol. The summed E-state index contributed by atoms with van der Waals surface area (Å²) < 4.78 is 0. The summed E-state index contributed by atoms with van der Waals surface area (Å²) in [5.74, 6) is 0.281. The minimum atomic E-state index is 0.219. The first-order valence-corrected chi connectivity index (χ1v) is 7.93. The normalized spacial score (nSPS) is 17.9. The van der Waals surface area contributed by atoms with Gasteiger partial charge in [0, 0.05) is 6.54 Å². The lowest BCUT2D eigenvalue weighted by Gasteiger charge is -2.34. The van der Waals surface area contributed by atoms with Crippen molar-refractivity contribution in [3.05, 3.63) is 35.4 Å². The maximum atomic E-state index is 12.3. The van der Waals surface area contributed by atoms with Crippen molar-refractivity contribution in [3.63, 3.8) is 0 Å². The summed E-state index contributed by atoms with van der Waals surface area (Å²) in [7, 11) is 0. The number of nitrogens with zero attached hydrogens (tertiary/aromatic N) is 1. The summed E-state index contributed by atoms with van der Waals surface area (Å²) in [5, 5.41) is 2.16. The highest BCUT2D eigenvalue weighted by atomic mass is 16.2. The van der Waals surface area contributed by atoms with E-state index < -0.39 is 0 Å². The van der Waals surface area contributed by atoms with Gasteiger partial charge in [-0.25, -0.2) is 0 Å². The minimum Gasteiger partial charge on any atom is -0.338 e.